The summed E-state index contributed by atoms with van der Waals surface area (Å²) in [6, 6.07) is 24.8. The van der Waals surface area contributed by atoms with Crippen molar-refractivity contribution < 1.29 is 26.3 Å². The fourth-order valence-electron chi connectivity index (χ4n) is 5.68. The third-order valence-electron chi connectivity index (χ3n) is 7.89. The Hall–Kier alpha value is -5.60. The molecule has 0 saturated carbocycles. The van der Waals surface area contributed by atoms with E-state index in [-0.39, 0.29) is 33.6 Å². The van der Waals surface area contributed by atoms with Crippen LogP contribution in [-0.4, -0.2) is 9.13 Å². The van der Waals surface area contributed by atoms with Crippen molar-refractivity contribution in [3.63, 3.8) is 0 Å². The number of benzene rings is 4. The molecule has 0 N–H and O–H groups in total. The Balaban J connectivity index is 1.77. The highest BCUT2D eigenvalue weighted by Gasteiger charge is 2.37. The van der Waals surface area contributed by atoms with Crippen LogP contribution in [-0.2, 0) is 12.4 Å². The van der Waals surface area contributed by atoms with E-state index in [0.717, 1.165) is 23.3 Å². The maximum absolute atomic E-state index is 14.5. The van der Waals surface area contributed by atoms with Crippen LogP contribution in [0, 0.1) is 38.5 Å². The van der Waals surface area contributed by atoms with Crippen LogP contribution in [0.2, 0.25) is 0 Å². The van der Waals surface area contributed by atoms with Gasteiger partial charge in [0.2, 0.25) is 0 Å². The van der Waals surface area contributed by atoms with Gasteiger partial charge in [-0.05, 0) is 74.5 Å². The van der Waals surface area contributed by atoms with Crippen LogP contribution in [0.1, 0.15) is 33.4 Å². The maximum Gasteiger partial charge on any atom is 0.417 e. The minimum atomic E-state index is -4.74. The van der Waals surface area contributed by atoms with E-state index in [0.29, 0.717) is 22.4 Å². The minimum absolute atomic E-state index is 0.0654. The predicted octanol–water partition coefficient (Wildman–Crippen LogP) is 10.4. The number of halogens is 6. The molecule has 0 aliphatic heterocycles. The largest absolute Gasteiger partial charge is 0.417 e. The lowest BCUT2D eigenvalue weighted by Gasteiger charge is -2.18. The first-order chi connectivity index (χ1) is 21.8. The molecular formula is C38H24F6N2. The standard InChI is InChI=1S/C38H24F6N2/c1-5-25-11-17-29(31(19-25)37(39,40)41)33-21-35-36(45(33)27-13-7-23(3)8-14-27)22-34(46(35)28-15-9-24(4)10-16-28)30-18-12-26(6-2)20-32(30)38(42,43)44/h1-2,7-22H,3-4H3. The highest BCUT2D eigenvalue weighted by Crippen LogP contribution is 2.45. The molecule has 0 aliphatic carbocycles. The van der Waals surface area contributed by atoms with Crippen LogP contribution in [0.15, 0.2) is 97.1 Å². The molecule has 0 atom stereocenters. The molecule has 0 amide bonds. The number of aryl methyl sites for hydroxylation is 2. The molecular weight excluding hydrogens is 598 g/mol. The molecule has 4 aromatic carbocycles. The molecule has 0 bridgehead atoms. The Labute approximate surface area is 261 Å². The van der Waals surface area contributed by atoms with Crippen LogP contribution >= 0.6 is 0 Å². The van der Waals surface area contributed by atoms with E-state index < -0.39 is 23.5 Å². The average Bonchev–Trinajstić information content (AvgIpc) is 3.57. The fraction of sp³-hybridized carbons (Fsp3) is 0.105. The Morgan fingerprint density at radius 2 is 0.848 bits per heavy atom. The number of terminal acetylenes is 2. The zero-order valence-corrected chi connectivity index (χ0v) is 24.6. The first-order valence-corrected chi connectivity index (χ1v) is 14.1. The molecule has 0 fully saturated rings. The first kappa shape index (κ1) is 30.4. The van der Waals surface area contributed by atoms with Crippen molar-refractivity contribution in [1.82, 2.24) is 9.13 Å². The number of hydrogen-bond acceptors (Lipinski definition) is 0. The normalized spacial score (nSPS) is 11.9. The quantitative estimate of drug-likeness (QED) is 0.137. The Kier molecular flexibility index (Phi) is 7.33. The van der Waals surface area contributed by atoms with Gasteiger partial charge in [-0.25, -0.2) is 0 Å². The summed E-state index contributed by atoms with van der Waals surface area (Å²) in [6.07, 6.45) is 1.40. The van der Waals surface area contributed by atoms with Crippen LogP contribution in [0.25, 0.3) is 44.9 Å². The van der Waals surface area contributed by atoms with Gasteiger partial charge >= 0.3 is 12.4 Å². The zero-order valence-electron chi connectivity index (χ0n) is 24.6. The van der Waals surface area contributed by atoms with Gasteiger partial charge in [0.1, 0.15) is 0 Å². The maximum atomic E-state index is 14.5. The number of hydrogen-bond donors (Lipinski definition) is 0. The minimum Gasteiger partial charge on any atom is -0.308 e. The van der Waals surface area contributed by atoms with Gasteiger partial charge in [-0.15, -0.1) is 12.8 Å². The van der Waals surface area contributed by atoms with E-state index >= 15 is 0 Å². The summed E-state index contributed by atoms with van der Waals surface area (Å²) < 4.78 is 90.3. The Morgan fingerprint density at radius 1 is 0.500 bits per heavy atom. The zero-order chi connectivity index (χ0) is 33.0. The Bertz CT molecular complexity index is 2040. The second kappa shape index (κ2) is 11.1. The van der Waals surface area contributed by atoms with Crippen molar-refractivity contribution >= 4 is 11.0 Å². The van der Waals surface area contributed by atoms with Gasteiger partial charge in [0.05, 0.1) is 33.5 Å². The fourth-order valence-corrected chi connectivity index (χ4v) is 5.68. The van der Waals surface area contributed by atoms with Crippen molar-refractivity contribution in [3.8, 4) is 58.6 Å². The molecule has 46 heavy (non-hydrogen) atoms. The third-order valence-corrected chi connectivity index (χ3v) is 7.89. The van der Waals surface area contributed by atoms with E-state index in [4.69, 9.17) is 12.8 Å². The summed E-state index contributed by atoms with van der Waals surface area (Å²) in [5.74, 6) is 4.53. The highest BCUT2D eigenvalue weighted by atomic mass is 19.4. The SMILES string of the molecule is C#Cc1ccc(-c2cc3c(cc(-c4ccc(C#C)cc4C(F)(F)F)n3-c3ccc(C)cc3)n2-c2ccc(C)cc2)c(C(F)(F)F)c1. The molecule has 0 unspecified atom stereocenters. The summed E-state index contributed by atoms with van der Waals surface area (Å²) >= 11 is 0. The lowest BCUT2D eigenvalue weighted by atomic mass is 10.00. The van der Waals surface area contributed by atoms with E-state index in [1.54, 1.807) is 45.5 Å². The van der Waals surface area contributed by atoms with E-state index in [1.165, 1.54) is 24.3 Å². The molecule has 8 heteroatoms. The predicted molar refractivity (Wildman–Crippen MR) is 169 cm³/mol. The summed E-state index contributed by atoms with van der Waals surface area (Å²) in [5, 5.41) is 0. The second-order valence-corrected chi connectivity index (χ2v) is 11.0. The number of fused-ring (bicyclic) bond motifs is 1. The highest BCUT2D eigenvalue weighted by molar-refractivity contribution is 5.94. The molecule has 0 radical (unpaired) electrons. The second-order valence-electron chi connectivity index (χ2n) is 11.0. The van der Waals surface area contributed by atoms with Crippen molar-refractivity contribution in [2.24, 2.45) is 0 Å². The molecule has 2 aromatic heterocycles. The van der Waals surface area contributed by atoms with Crippen molar-refractivity contribution in [3.05, 3.63) is 130 Å². The van der Waals surface area contributed by atoms with Gasteiger partial charge in [0.15, 0.2) is 0 Å². The molecule has 0 aliphatic rings. The first-order valence-electron chi connectivity index (χ1n) is 14.1. The summed E-state index contributed by atoms with van der Waals surface area (Å²) in [6.45, 7) is 3.75. The molecule has 6 rings (SSSR count). The summed E-state index contributed by atoms with van der Waals surface area (Å²) in [7, 11) is 0. The van der Waals surface area contributed by atoms with Gasteiger partial charge in [0, 0.05) is 33.6 Å². The molecule has 0 saturated heterocycles. The number of nitrogens with zero attached hydrogens (tertiary/aromatic N) is 2. The van der Waals surface area contributed by atoms with Gasteiger partial charge in [-0.2, -0.15) is 26.3 Å². The van der Waals surface area contributed by atoms with Gasteiger partial charge in [-0.3, -0.25) is 0 Å². The Morgan fingerprint density at radius 3 is 1.15 bits per heavy atom. The third kappa shape index (κ3) is 5.33. The van der Waals surface area contributed by atoms with E-state index in [1.807, 2.05) is 38.1 Å². The van der Waals surface area contributed by atoms with Gasteiger partial charge < -0.3 is 9.13 Å². The smallest absolute Gasteiger partial charge is 0.308 e. The molecule has 2 nitrogen and oxygen atoms in total. The number of alkyl halides is 6. The van der Waals surface area contributed by atoms with Crippen molar-refractivity contribution in [2.45, 2.75) is 26.2 Å². The van der Waals surface area contributed by atoms with E-state index in [9.17, 15) is 26.3 Å². The average molecular weight is 623 g/mol. The summed E-state index contributed by atoms with van der Waals surface area (Å²) in [5.41, 5.74) is 2.09. The topological polar surface area (TPSA) is 9.86 Å². The van der Waals surface area contributed by atoms with Crippen LogP contribution in [0.3, 0.4) is 0 Å². The van der Waals surface area contributed by atoms with Crippen LogP contribution in [0.5, 0.6) is 0 Å². The van der Waals surface area contributed by atoms with Gasteiger partial charge in [-0.1, -0.05) is 59.4 Å². The molecule has 2 heterocycles. The van der Waals surface area contributed by atoms with Crippen molar-refractivity contribution in [2.75, 3.05) is 0 Å². The number of aromatic nitrogens is 2. The summed E-state index contributed by atoms with van der Waals surface area (Å²) in [4.78, 5) is 0. The van der Waals surface area contributed by atoms with Crippen molar-refractivity contribution in [1.29, 1.82) is 0 Å². The molecule has 228 valence electrons. The molecule has 6 aromatic rings. The number of rotatable bonds is 4. The molecule has 0 spiro atoms. The van der Waals surface area contributed by atoms with Crippen LogP contribution in [0.4, 0.5) is 26.3 Å². The lowest BCUT2D eigenvalue weighted by molar-refractivity contribution is -0.137. The van der Waals surface area contributed by atoms with Crippen LogP contribution < -0.4 is 0 Å². The van der Waals surface area contributed by atoms with E-state index in [2.05, 4.69) is 11.8 Å². The lowest BCUT2D eigenvalue weighted by Crippen LogP contribution is -2.10. The van der Waals surface area contributed by atoms with Gasteiger partial charge in [0.25, 0.3) is 0 Å². The monoisotopic (exact) mass is 622 g/mol.